The number of carbonyl (C=O) groups is 1. The molecule has 0 amide bonds. The zero-order valence-corrected chi connectivity index (χ0v) is 18.6. The number of benzene rings is 2. The van der Waals surface area contributed by atoms with Crippen LogP contribution >= 0.6 is 0 Å². The molecule has 2 aliphatic rings. The number of hydrogen-bond acceptors (Lipinski definition) is 4. The van der Waals surface area contributed by atoms with E-state index in [1.54, 1.807) is 0 Å². The number of hydrogen-bond donors (Lipinski definition) is 1. The van der Waals surface area contributed by atoms with Crippen LogP contribution in [0.3, 0.4) is 0 Å². The summed E-state index contributed by atoms with van der Waals surface area (Å²) in [4.78, 5) is 13.1. The van der Waals surface area contributed by atoms with Crippen molar-refractivity contribution >= 4 is 5.78 Å². The van der Waals surface area contributed by atoms with Crippen LogP contribution in [0.2, 0.25) is 0 Å². The molecule has 0 spiro atoms. The number of nitrogens with one attached hydrogen (secondary N) is 1. The third-order valence-corrected chi connectivity index (χ3v) is 6.10. The zero-order valence-electron chi connectivity index (χ0n) is 18.6. The van der Waals surface area contributed by atoms with E-state index in [9.17, 15) is 10.1 Å². The maximum atomic E-state index is 13.1. The summed E-state index contributed by atoms with van der Waals surface area (Å²) in [6.45, 7) is 8.71. The summed E-state index contributed by atoms with van der Waals surface area (Å²) in [6.07, 6.45) is 1.30. The monoisotopic (exact) mass is 412 g/mol. The number of aryl methyl sites for hydroxylation is 1. The van der Waals surface area contributed by atoms with Crippen LogP contribution in [0, 0.1) is 23.7 Å². The summed E-state index contributed by atoms with van der Waals surface area (Å²) in [6, 6.07) is 18.4. The first-order chi connectivity index (χ1) is 14.8. The maximum Gasteiger partial charge on any atom is 0.162 e. The maximum absolute atomic E-state index is 13.1. The van der Waals surface area contributed by atoms with Crippen LogP contribution in [-0.2, 0) is 11.4 Å². The van der Waals surface area contributed by atoms with Gasteiger partial charge in [-0.05, 0) is 48.9 Å². The summed E-state index contributed by atoms with van der Waals surface area (Å²) in [5.41, 5.74) is 6.35. The summed E-state index contributed by atoms with van der Waals surface area (Å²) in [7, 11) is 0. The van der Waals surface area contributed by atoms with Crippen LogP contribution in [0.25, 0.3) is 0 Å². The number of rotatable bonds is 4. The van der Waals surface area contributed by atoms with E-state index in [0.29, 0.717) is 18.6 Å². The second kappa shape index (κ2) is 8.07. The van der Waals surface area contributed by atoms with Gasteiger partial charge in [-0.2, -0.15) is 5.26 Å². The van der Waals surface area contributed by atoms with Crippen LogP contribution in [0.15, 0.2) is 71.1 Å². The molecule has 1 N–H and O–H groups in total. The van der Waals surface area contributed by atoms with Gasteiger partial charge in [0.25, 0.3) is 0 Å². The van der Waals surface area contributed by atoms with E-state index in [-0.39, 0.29) is 17.1 Å². The highest BCUT2D eigenvalue weighted by Crippen LogP contribution is 2.46. The lowest BCUT2D eigenvalue weighted by atomic mass is 9.69. The minimum absolute atomic E-state index is 0.0778. The molecule has 0 fully saturated rings. The Morgan fingerprint density at radius 2 is 1.74 bits per heavy atom. The largest absolute Gasteiger partial charge is 0.489 e. The molecule has 158 valence electrons. The first kappa shape index (κ1) is 20.9. The number of ketones is 1. The molecule has 0 aromatic heterocycles. The Labute approximate surface area is 184 Å². The van der Waals surface area contributed by atoms with Crippen LogP contribution in [0.1, 0.15) is 56.2 Å². The molecule has 2 aromatic carbocycles. The highest BCUT2D eigenvalue weighted by molar-refractivity contribution is 6.00. The van der Waals surface area contributed by atoms with E-state index >= 15 is 0 Å². The van der Waals surface area contributed by atoms with Crippen molar-refractivity contribution in [2.75, 3.05) is 0 Å². The van der Waals surface area contributed by atoms with E-state index in [1.165, 1.54) is 5.56 Å². The third-order valence-electron chi connectivity index (χ3n) is 6.10. The van der Waals surface area contributed by atoms with Crippen LogP contribution in [-0.4, -0.2) is 5.78 Å². The van der Waals surface area contributed by atoms with Crippen molar-refractivity contribution in [2.24, 2.45) is 5.41 Å². The molecule has 0 unspecified atom stereocenters. The number of nitrogens with zero attached hydrogens (tertiary/aromatic N) is 1. The summed E-state index contributed by atoms with van der Waals surface area (Å²) in [5.74, 6) is 0.572. The lowest BCUT2D eigenvalue weighted by Crippen LogP contribution is -2.36. The molecule has 1 aliphatic carbocycles. The van der Waals surface area contributed by atoms with Gasteiger partial charge in [0.15, 0.2) is 5.78 Å². The molecule has 2 aromatic rings. The molecule has 1 aliphatic heterocycles. The molecule has 4 rings (SSSR count). The summed E-state index contributed by atoms with van der Waals surface area (Å²) in [5, 5.41) is 13.2. The van der Waals surface area contributed by atoms with Crippen LogP contribution in [0.5, 0.6) is 5.75 Å². The van der Waals surface area contributed by atoms with Crippen LogP contribution < -0.4 is 10.1 Å². The minimum Gasteiger partial charge on any atom is -0.489 e. The van der Waals surface area contributed by atoms with Gasteiger partial charge in [-0.15, -0.1) is 0 Å². The third kappa shape index (κ3) is 4.27. The minimum atomic E-state index is -0.323. The fourth-order valence-electron chi connectivity index (χ4n) is 4.52. The first-order valence-corrected chi connectivity index (χ1v) is 10.7. The number of dihydropyridines is 1. The number of allylic oxidation sites excluding steroid dienone is 4. The Kier molecular flexibility index (Phi) is 5.45. The Hall–Kier alpha value is -3.32. The molecule has 0 saturated carbocycles. The van der Waals surface area contributed by atoms with Gasteiger partial charge >= 0.3 is 0 Å². The highest BCUT2D eigenvalue weighted by atomic mass is 16.5. The normalized spacial score (nSPS) is 20.1. The van der Waals surface area contributed by atoms with Crippen LogP contribution in [0.4, 0.5) is 0 Å². The lowest BCUT2D eigenvalue weighted by Gasteiger charge is -2.38. The molecular weight excluding hydrogens is 384 g/mol. The number of Topliss-reactive ketones (excluding diaryl/α,β-unsaturated/α-hetero) is 1. The van der Waals surface area contributed by atoms with Crippen molar-refractivity contribution in [1.29, 1.82) is 5.26 Å². The van der Waals surface area contributed by atoms with Gasteiger partial charge in [0.05, 0.1) is 17.6 Å². The van der Waals surface area contributed by atoms with E-state index in [4.69, 9.17) is 4.74 Å². The quantitative estimate of drug-likeness (QED) is 0.699. The molecule has 0 radical (unpaired) electrons. The summed E-state index contributed by atoms with van der Waals surface area (Å²) >= 11 is 0. The smallest absolute Gasteiger partial charge is 0.162 e. The van der Waals surface area contributed by atoms with Gasteiger partial charge in [-0.25, -0.2) is 0 Å². The predicted octanol–water partition coefficient (Wildman–Crippen LogP) is 5.70. The van der Waals surface area contributed by atoms with Crippen molar-refractivity contribution in [3.63, 3.8) is 0 Å². The van der Waals surface area contributed by atoms with Gasteiger partial charge in [-0.3, -0.25) is 4.79 Å². The van der Waals surface area contributed by atoms with E-state index < -0.39 is 0 Å². The Morgan fingerprint density at radius 3 is 2.39 bits per heavy atom. The van der Waals surface area contributed by atoms with E-state index in [0.717, 1.165) is 40.3 Å². The second-order valence-electron chi connectivity index (χ2n) is 9.38. The van der Waals surface area contributed by atoms with Gasteiger partial charge in [-0.1, -0.05) is 55.8 Å². The average Bonchev–Trinajstić information content (AvgIpc) is 2.72. The topological polar surface area (TPSA) is 62.1 Å². The van der Waals surface area contributed by atoms with E-state index in [1.807, 2.05) is 31.2 Å². The fourth-order valence-corrected chi connectivity index (χ4v) is 4.52. The molecule has 0 bridgehead atoms. The Morgan fingerprint density at radius 1 is 1.06 bits per heavy atom. The predicted molar refractivity (Wildman–Crippen MR) is 121 cm³/mol. The molecule has 0 saturated heterocycles. The number of nitriles is 1. The number of ether oxygens (including phenoxy) is 1. The van der Waals surface area contributed by atoms with Crippen molar-refractivity contribution in [2.45, 2.75) is 53.1 Å². The van der Waals surface area contributed by atoms with E-state index in [2.05, 4.69) is 56.4 Å². The number of carbonyl (C=O) groups excluding carboxylic acids is 1. The fraction of sp³-hybridized carbons (Fsp3) is 0.333. The van der Waals surface area contributed by atoms with Crippen molar-refractivity contribution in [3.05, 3.63) is 87.8 Å². The Bertz CT molecular complexity index is 1110. The van der Waals surface area contributed by atoms with Gasteiger partial charge in [0, 0.05) is 23.4 Å². The first-order valence-electron chi connectivity index (χ1n) is 10.7. The average molecular weight is 413 g/mol. The van der Waals surface area contributed by atoms with Gasteiger partial charge in [0.2, 0.25) is 0 Å². The van der Waals surface area contributed by atoms with Gasteiger partial charge < -0.3 is 10.1 Å². The highest BCUT2D eigenvalue weighted by Gasteiger charge is 2.41. The molecule has 1 atom stereocenters. The molecular formula is C27H28N2O2. The van der Waals surface area contributed by atoms with Crippen molar-refractivity contribution in [1.82, 2.24) is 5.32 Å². The molecule has 31 heavy (non-hydrogen) atoms. The molecule has 4 nitrogen and oxygen atoms in total. The standard InChI is InChI=1S/C27H28N2O2/c1-17-5-7-19(8-6-17)16-31-21-11-9-20(10-12-21)25-22(15-28)18(2)29-23-13-27(3,4)14-24(30)26(23)25/h5-12,25,29H,13-14,16H2,1-4H3/t25-/m1/s1. The van der Waals surface area contributed by atoms with Crippen molar-refractivity contribution in [3.8, 4) is 11.8 Å². The molecule has 1 heterocycles. The van der Waals surface area contributed by atoms with Crippen molar-refractivity contribution < 1.29 is 9.53 Å². The lowest BCUT2D eigenvalue weighted by molar-refractivity contribution is -0.118. The molecule has 4 heteroatoms. The van der Waals surface area contributed by atoms with Gasteiger partial charge in [0.1, 0.15) is 12.4 Å². The zero-order chi connectivity index (χ0) is 22.2. The SMILES string of the molecule is CC1=C(C#N)[C@@H](c2ccc(OCc3ccc(C)cc3)cc2)C2=C(CC(C)(C)CC2=O)N1. The summed E-state index contributed by atoms with van der Waals surface area (Å²) < 4.78 is 5.94. The Balaban J connectivity index is 1.61. The second-order valence-corrected chi connectivity index (χ2v) is 9.38.